The van der Waals surface area contributed by atoms with Crippen molar-refractivity contribution in [3.05, 3.63) is 40.9 Å². The first-order valence-electron chi connectivity index (χ1n) is 6.62. The number of benzene rings is 1. The van der Waals surface area contributed by atoms with Crippen LogP contribution in [-0.2, 0) is 11.3 Å². The molecule has 0 unspecified atom stereocenters. The monoisotopic (exact) mass is 289 g/mol. The molecule has 2 aromatic rings. The number of carbonyl (C=O) groups excluding carboxylic acids is 1. The third-order valence-corrected chi connectivity index (χ3v) is 3.83. The van der Waals surface area contributed by atoms with Crippen LogP contribution in [0.1, 0.15) is 25.1 Å². The van der Waals surface area contributed by atoms with Gasteiger partial charge in [0.2, 0.25) is 5.91 Å². The predicted molar refractivity (Wildman–Crippen MR) is 84.3 cm³/mol. The minimum atomic E-state index is -0.0860. The molecule has 5 heteroatoms. The van der Waals surface area contributed by atoms with Crippen molar-refractivity contribution in [2.75, 3.05) is 16.8 Å². The van der Waals surface area contributed by atoms with Gasteiger partial charge in [0.1, 0.15) is 0 Å². The number of amides is 1. The van der Waals surface area contributed by atoms with Crippen LogP contribution in [0.2, 0.25) is 0 Å². The molecule has 0 aliphatic rings. The molecule has 0 bridgehead atoms. The SMILES string of the molecule is CCN(Cc1csc(NC(C)=O)n1)c1ccccc1C. The van der Waals surface area contributed by atoms with Gasteiger partial charge in [-0.05, 0) is 25.5 Å². The lowest BCUT2D eigenvalue weighted by Gasteiger charge is -2.24. The van der Waals surface area contributed by atoms with Gasteiger partial charge in [-0.1, -0.05) is 18.2 Å². The first-order chi connectivity index (χ1) is 9.60. The van der Waals surface area contributed by atoms with Crippen molar-refractivity contribution >= 4 is 28.1 Å². The number of para-hydroxylation sites is 1. The highest BCUT2D eigenvalue weighted by Crippen LogP contribution is 2.23. The zero-order valence-electron chi connectivity index (χ0n) is 12.0. The Balaban J connectivity index is 2.12. The fraction of sp³-hybridized carbons (Fsp3) is 0.333. The lowest BCUT2D eigenvalue weighted by atomic mass is 10.2. The molecule has 1 amide bonds. The summed E-state index contributed by atoms with van der Waals surface area (Å²) in [6, 6.07) is 8.33. The van der Waals surface area contributed by atoms with E-state index in [9.17, 15) is 4.79 Å². The van der Waals surface area contributed by atoms with Crippen LogP contribution in [0, 0.1) is 6.92 Å². The molecule has 1 aromatic heterocycles. The van der Waals surface area contributed by atoms with E-state index in [4.69, 9.17) is 0 Å². The number of nitrogens with one attached hydrogen (secondary N) is 1. The number of aromatic nitrogens is 1. The summed E-state index contributed by atoms with van der Waals surface area (Å²) in [5, 5.41) is 5.37. The summed E-state index contributed by atoms with van der Waals surface area (Å²) in [5.74, 6) is -0.0860. The molecule has 1 N–H and O–H groups in total. The molecule has 20 heavy (non-hydrogen) atoms. The van der Waals surface area contributed by atoms with E-state index in [-0.39, 0.29) is 5.91 Å². The number of rotatable bonds is 5. The highest BCUT2D eigenvalue weighted by molar-refractivity contribution is 7.13. The van der Waals surface area contributed by atoms with E-state index >= 15 is 0 Å². The van der Waals surface area contributed by atoms with E-state index in [2.05, 4.69) is 47.2 Å². The molecule has 0 aliphatic heterocycles. The maximum Gasteiger partial charge on any atom is 0.223 e. The Morgan fingerprint density at radius 1 is 1.40 bits per heavy atom. The standard InChI is InChI=1S/C15H19N3OS/c1-4-18(14-8-6-5-7-11(14)2)9-13-10-20-15(17-13)16-12(3)19/h5-8,10H,4,9H2,1-3H3,(H,16,17,19). The van der Waals surface area contributed by atoms with Crippen LogP contribution in [0.4, 0.5) is 10.8 Å². The fourth-order valence-corrected chi connectivity index (χ4v) is 2.82. The summed E-state index contributed by atoms with van der Waals surface area (Å²) in [6.07, 6.45) is 0. The molecular weight excluding hydrogens is 270 g/mol. The molecular formula is C15H19N3OS. The highest BCUT2D eigenvalue weighted by atomic mass is 32.1. The van der Waals surface area contributed by atoms with Crippen molar-refractivity contribution in [1.29, 1.82) is 0 Å². The molecule has 2 rings (SSSR count). The minimum Gasteiger partial charge on any atom is -0.366 e. The third-order valence-electron chi connectivity index (χ3n) is 3.03. The van der Waals surface area contributed by atoms with Gasteiger partial charge in [0, 0.05) is 24.5 Å². The number of aryl methyl sites for hydroxylation is 1. The lowest BCUT2D eigenvalue weighted by Crippen LogP contribution is -2.23. The van der Waals surface area contributed by atoms with E-state index < -0.39 is 0 Å². The maximum atomic E-state index is 11.0. The van der Waals surface area contributed by atoms with E-state index in [1.165, 1.54) is 29.5 Å². The van der Waals surface area contributed by atoms with Crippen molar-refractivity contribution < 1.29 is 4.79 Å². The second-order valence-corrected chi connectivity index (χ2v) is 5.48. The summed E-state index contributed by atoms with van der Waals surface area (Å²) in [6.45, 7) is 7.40. The molecule has 0 atom stereocenters. The Morgan fingerprint density at radius 3 is 2.80 bits per heavy atom. The molecule has 1 heterocycles. The zero-order valence-corrected chi connectivity index (χ0v) is 12.8. The van der Waals surface area contributed by atoms with Crippen molar-refractivity contribution in [2.24, 2.45) is 0 Å². The Labute approximate surface area is 123 Å². The van der Waals surface area contributed by atoms with Crippen LogP contribution < -0.4 is 10.2 Å². The zero-order chi connectivity index (χ0) is 14.5. The molecule has 0 radical (unpaired) electrons. The summed E-state index contributed by atoms with van der Waals surface area (Å²) in [7, 11) is 0. The van der Waals surface area contributed by atoms with Gasteiger partial charge in [0.15, 0.2) is 5.13 Å². The van der Waals surface area contributed by atoms with E-state index in [0.29, 0.717) is 5.13 Å². The molecule has 0 fully saturated rings. The van der Waals surface area contributed by atoms with Gasteiger partial charge in [0.05, 0.1) is 12.2 Å². The van der Waals surface area contributed by atoms with Gasteiger partial charge in [-0.2, -0.15) is 0 Å². The second-order valence-electron chi connectivity index (χ2n) is 4.63. The molecule has 4 nitrogen and oxygen atoms in total. The van der Waals surface area contributed by atoms with Crippen molar-refractivity contribution in [2.45, 2.75) is 27.3 Å². The topological polar surface area (TPSA) is 45.2 Å². The summed E-state index contributed by atoms with van der Waals surface area (Å²) in [4.78, 5) is 17.7. The van der Waals surface area contributed by atoms with E-state index in [1.807, 2.05) is 11.4 Å². The van der Waals surface area contributed by atoms with Crippen LogP contribution in [0.25, 0.3) is 0 Å². The second kappa shape index (κ2) is 6.52. The minimum absolute atomic E-state index is 0.0860. The van der Waals surface area contributed by atoms with Crippen LogP contribution >= 0.6 is 11.3 Å². The van der Waals surface area contributed by atoms with Gasteiger partial charge in [-0.3, -0.25) is 4.79 Å². The number of carbonyl (C=O) groups is 1. The molecule has 0 aliphatic carbocycles. The van der Waals surface area contributed by atoms with Crippen LogP contribution in [0.15, 0.2) is 29.6 Å². The summed E-state index contributed by atoms with van der Waals surface area (Å²) < 4.78 is 0. The van der Waals surface area contributed by atoms with Gasteiger partial charge in [-0.15, -0.1) is 11.3 Å². The van der Waals surface area contributed by atoms with Crippen LogP contribution in [0.5, 0.6) is 0 Å². The number of hydrogen-bond acceptors (Lipinski definition) is 4. The fourth-order valence-electron chi connectivity index (χ4n) is 2.07. The van der Waals surface area contributed by atoms with Crippen molar-refractivity contribution in [1.82, 2.24) is 4.98 Å². The molecule has 106 valence electrons. The Bertz CT molecular complexity index is 594. The number of anilines is 2. The third kappa shape index (κ3) is 3.57. The Kier molecular flexibility index (Phi) is 4.74. The Morgan fingerprint density at radius 2 is 2.15 bits per heavy atom. The van der Waals surface area contributed by atoms with Gasteiger partial charge in [-0.25, -0.2) is 4.98 Å². The molecule has 0 spiro atoms. The van der Waals surface area contributed by atoms with Crippen LogP contribution in [-0.4, -0.2) is 17.4 Å². The lowest BCUT2D eigenvalue weighted by molar-refractivity contribution is -0.114. The largest absolute Gasteiger partial charge is 0.366 e. The first-order valence-corrected chi connectivity index (χ1v) is 7.50. The van der Waals surface area contributed by atoms with Gasteiger partial charge >= 0.3 is 0 Å². The van der Waals surface area contributed by atoms with E-state index in [1.54, 1.807) is 0 Å². The van der Waals surface area contributed by atoms with Gasteiger partial charge in [0.25, 0.3) is 0 Å². The molecule has 1 aromatic carbocycles. The summed E-state index contributed by atoms with van der Waals surface area (Å²) >= 11 is 1.46. The van der Waals surface area contributed by atoms with Crippen LogP contribution in [0.3, 0.4) is 0 Å². The Hall–Kier alpha value is -1.88. The van der Waals surface area contributed by atoms with Crippen molar-refractivity contribution in [3.63, 3.8) is 0 Å². The maximum absolute atomic E-state index is 11.0. The smallest absolute Gasteiger partial charge is 0.223 e. The van der Waals surface area contributed by atoms with Crippen molar-refractivity contribution in [3.8, 4) is 0 Å². The molecule has 0 saturated carbocycles. The molecule has 0 saturated heterocycles. The quantitative estimate of drug-likeness (QED) is 0.917. The predicted octanol–water partition coefficient (Wildman–Crippen LogP) is 3.44. The van der Waals surface area contributed by atoms with E-state index in [0.717, 1.165) is 18.8 Å². The normalized spacial score (nSPS) is 10.3. The number of thiazole rings is 1. The average molecular weight is 289 g/mol. The first kappa shape index (κ1) is 14.5. The highest BCUT2D eigenvalue weighted by Gasteiger charge is 2.10. The number of nitrogens with zero attached hydrogens (tertiary/aromatic N) is 2. The summed E-state index contributed by atoms with van der Waals surface area (Å²) in [5.41, 5.74) is 3.46. The van der Waals surface area contributed by atoms with Gasteiger partial charge < -0.3 is 10.2 Å². The average Bonchev–Trinajstić information content (AvgIpc) is 2.83. The number of hydrogen-bond donors (Lipinski definition) is 1.